The summed E-state index contributed by atoms with van der Waals surface area (Å²) in [6.07, 6.45) is 0.102. The fraction of sp³-hybridized carbons (Fsp3) is 0.150. The fourth-order valence-electron chi connectivity index (χ4n) is 3.02. The van der Waals surface area contributed by atoms with Crippen LogP contribution in [0.4, 0.5) is 0 Å². The largest absolute Gasteiger partial charge is 0.480 e. The van der Waals surface area contributed by atoms with Gasteiger partial charge in [0.1, 0.15) is 5.75 Å². The number of hydrogen-bond donors (Lipinski definition) is 1. The molecule has 0 radical (unpaired) electrons. The molecule has 4 rings (SSSR count). The number of halogens is 1. The summed E-state index contributed by atoms with van der Waals surface area (Å²) in [5.41, 5.74) is 3.11. The molecule has 1 aliphatic heterocycles. The van der Waals surface area contributed by atoms with Gasteiger partial charge in [-0.1, -0.05) is 41.9 Å². The number of para-hydroxylation sites is 1. The van der Waals surface area contributed by atoms with Gasteiger partial charge in [-0.2, -0.15) is 11.3 Å². The highest BCUT2D eigenvalue weighted by atomic mass is 35.5. The number of carbonyl (C=O) groups excluding carboxylic acids is 1. The van der Waals surface area contributed by atoms with E-state index in [1.54, 1.807) is 11.3 Å². The van der Waals surface area contributed by atoms with E-state index in [1.807, 2.05) is 65.4 Å². The third kappa shape index (κ3) is 3.41. The minimum absolute atomic E-state index is 0.109. The molecule has 1 aromatic heterocycles. The first-order chi connectivity index (χ1) is 12.2. The molecular formula is C20H16ClNO2S. The van der Waals surface area contributed by atoms with E-state index in [-0.39, 0.29) is 11.9 Å². The number of nitrogens with one attached hydrogen (secondary N) is 1. The molecule has 25 heavy (non-hydrogen) atoms. The van der Waals surface area contributed by atoms with Crippen molar-refractivity contribution in [1.29, 1.82) is 0 Å². The van der Waals surface area contributed by atoms with Crippen molar-refractivity contribution in [3.05, 3.63) is 87.1 Å². The van der Waals surface area contributed by atoms with Gasteiger partial charge in [-0.3, -0.25) is 4.79 Å². The summed E-state index contributed by atoms with van der Waals surface area (Å²) in [6.45, 7) is 0. The van der Waals surface area contributed by atoms with Gasteiger partial charge >= 0.3 is 0 Å². The van der Waals surface area contributed by atoms with E-state index in [9.17, 15) is 4.79 Å². The van der Waals surface area contributed by atoms with E-state index in [4.69, 9.17) is 16.3 Å². The second-order valence-electron chi connectivity index (χ2n) is 5.97. The average molecular weight is 370 g/mol. The Balaban J connectivity index is 1.55. The Morgan fingerprint density at radius 1 is 1.12 bits per heavy atom. The van der Waals surface area contributed by atoms with Crippen LogP contribution in [0.5, 0.6) is 5.75 Å². The molecule has 0 spiro atoms. The van der Waals surface area contributed by atoms with Gasteiger partial charge in [0.2, 0.25) is 0 Å². The van der Waals surface area contributed by atoms with Crippen LogP contribution < -0.4 is 10.1 Å². The number of benzene rings is 2. The summed E-state index contributed by atoms with van der Waals surface area (Å²) in [5, 5.41) is 7.86. The Kier molecular flexibility index (Phi) is 4.47. The van der Waals surface area contributed by atoms with Crippen LogP contribution in [0, 0.1) is 0 Å². The summed E-state index contributed by atoms with van der Waals surface area (Å²) in [4.78, 5) is 12.8. The van der Waals surface area contributed by atoms with Crippen LogP contribution in [0.2, 0.25) is 5.02 Å². The second kappa shape index (κ2) is 6.90. The van der Waals surface area contributed by atoms with Gasteiger partial charge in [0.15, 0.2) is 6.10 Å². The summed E-state index contributed by atoms with van der Waals surface area (Å²) in [7, 11) is 0. The molecule has 2 aromatic carbocycles. The van der Waals surface area contributed by atoms with Crippen molar-refractivity contribution in [1.82, 2.24) is 5.32 Å². The lowest BCUT2D eigenvalue weighted by molar-refractivity contribution is -0.127. The van der Waals surface area contributed by atoms with Crippen molar-refractivity contribution in [2.45, 2.75) is 18.6 Å². The molecule has 5 heteroatoms. The van der Waals surface area contributed by atoms with Crippen molar-refractivity contribution in [3.63, 3.8) is 0 Å². The van der Waals surface area contributed by atoms with Gasteiger partial charge in [-0.05, 0) is 51.7 Å². The molecule has 2 unspecified atom stereocenters. The predicted molar refractivity (Wildman–Crippen MR) is 100 cm³/mol. The van der Waals surface area contributed by atoms with Gasteiger partial charge in [-0.15, -0.1) is 0 Å². The van der Waals surface area contributed by atoms with Gasteiger partial charge in [0, 0.05) is 11.4 Å². The van der Waals surface area contributed by atoms with E-state index < -0.39 is 6.10 Å². The molecule has 0 bridgehead atoms. The molecular weight excluding hydrogens is 354 g/mol. The quantitative estimate of drug-likeness (QED) is 0.729. The van der Waals surface area contributed by atoms with Crippen molar-refractivity contribution in [2.75, 3.05) is 0 Å². The fourth-order valence-corrected chi connectivity index (χ4v) is 3.83. The van der Waals surface area contributed by atoms with Crippen molar-refractivity contribution < 1.29 is 9.53 Å². The third-order valence-electron chi connectivity index (χ3n) is 4.31. The maximum Gasteiger partial charge on any atom is 0.262 e. The van der Waals surface area contributed by atoms with Crippen molar-refractivity contribution in [2.24, 2.45) is 0 Å². The van der Waals surface area contributed by atoms with E-state index in [2.05, 4.69) is 5.32 Å². The van der Waals surface area contributed by atoms with Crippen LogP contribution >= 0.6 is 22.9 Å². The Morgan fingerprint density at radius 3 is 2.64 bits per heavy atom. The zero-order chi connectivity index (χ0) is 17.2. The molecule has 126 valence electrons. The standard InChI is InChI=1S/C20H16ClNO2S/c21-16-7-5-13(6-8-16)19(15-9-10-25-12-15)22-20(23)18-11-14-3-1-2-4-17(14)24-18/h1-10,12,18-19H,11H2,(H,22,23). The summed E-state index contributed by atoms with van der Waals surface area (Å²) >= 11 is 7.60. The van der Waals surface area contributed by atoms with Crippen molar-refractivity contribution in [3.8, 4) is 5.75 Å². The molecule has 1 N–H and O–H groups in total. The zero-order valence-corrected chi connectivity index (χ0v) is 14.9. The van der Waals surface area contributed by atoms with Crippen LogP contribution in [-0.4, -0.2) is 12.0 Å². The Morgan fingerprint density at radius 2 is 1.92 bits per heavy atom. The van der Waals surface area contributed by atoms with E-state index in [1.165, 1.54) is 0 Å². The van der Waals surface area contributed by atoms with Crippen LogP contribution in [-0.2, 0) is 11.2 Å². The SMILES string of the molecule is O=C(NC(c1ccc(Cl)cc1)c1ccsc1)C1Cc2ccccc2O1. The normalized spacial score (nSPS) is 16.8. The number of hydrogen-bond acceptors (Lipinski definition) is 3. The highest BCUT2D eigenvalue weighted by Crippen LogP contribution is 2.30. The molecule has 1 aliphatic rings. The first-order valence-electron chi connectivity index (χ1n) is 8.03. The monoisotopic (exact) mass is 369 g/mol. The highest BCUT2D eigenvalue weighted by Gasteiger charge is 2.30. The summed E-state index contributed by atoms with van der Waals surface area (Å²) in [6, 6.07) is 17.1. The number of ether oxygens (including phenoxy) is 1. The summed E-state index contributed by atoms with van der Waals surface area (Å²) in [5.74, 6) is 0.684. The Labute approximate surface area is 155 Å². The van der Waals surface area contributed by atoms with E-state index in [0.717, 1.165) is 22.4 Å². The molecule has 0 saturated carbocycles. The number of amides is 1. The molecule has 2 atom stereocenters. The van der Waals surface area contributed by atoms with E-state index >= 15 is 0 Å². The Hall–Kier alpha value is -2.30. The number of carbonyl (C=O) groups is 1. The smallest absolute Gasteiger partial charge is 0.262 e. The first-order valence-corrected chi connectivity index (χ1v) is 9.35. The lowest BCUT2D eigenvalue weighted by atomic mass is 10.0. The number of rotatable bonds is 4. The molecule has 0 saturated heterocycles. The average Bonchev–Trinajstić information content (AvgIpc) is 3.30. The van der Waals surface area contributed by atoms with Crippen LogP contribution in [0.1, 0.15) is 22.7 Å². The minimum atomic E-state index is -0.495. The zero-order valence-electron chi connectivity index (χ0n) is 13.3. The topological polar surface area (TPSA) is 38.3 Å². The predicted octanol–water partition coefficient (Wildman–Crippen LogP) is 4.61. The van der Waals surface area contributed by atoms with Crippen LogP contribution in [0.25, 0.3) is 0 Å². The Bertz CT molecular complexity index is 852. The van der Waals surface area contributed by atoms with Gasteiger partial charge in [-0.25, -0.2) is 0 Å². The van der Waals surface area contributed by atoms with Gasteiger partial charge < -0.3 is 10.1 Å². The molecule has 2 heterocycles. The van der Waals surface area contributed by atoms with Crippen LogP contribution in [0.15, 0.2) is 65.4 Å². The third-order valence-corrected chi connectivity index (χ3v) is 5.26. The first kappa shape index (κ1) is 16.2. The molecule has 3 nitrogen and oxygen atoms in total. The molecule has 0 aliphatic carbocycles. The maximum absolute atomic E-state index is 12.8. The molecule has 0 fully saturated rings. The summed E-state index contributed by atoms with van der Waals surface area (Å²) < 4.78 is 5.81. The number of fused-ring (bicyclic) bond motifs is 1. The maximum atomic E-state index is 12.8. The van der Waals surface area contributed by atoms with Gasteiger partial charge in [0.05, 0.1) is 6.04 Å². The van der Waals surface area contributed by atoms with E-state index in [0.29, 0.717) is 11.4 Å². The second-order valence-corrected chi connectivity index (χ2v) is 7.18. The van der Waals surface area contributed by atoms with Crippen molar-refractivity contribution >= 4 is 28.8 Å². The minimum Gasteiger partial charge on any atom is -0.480 e. The lowest BCUT2D eigenvalue weighted by Crippen LogP contribution is -2.39. The molecule has 1 amide bonds. The molecule has 3 aromatic rings. The van der Waals surface area contributed by atoms with Crippen LogP contribution in [0.3, 0.4) is 0 Å². The number of thiophene rings is 1. The highest BCUT2D eigenvalue weighted by molar-refractivity contribution is 7.08. The van der Waals surface area contributed by atoms with Gasteiger partial charge in [0.25, 0.3) is 5.91 Å². The lowest BCUT2D eigenvalue weighted by Gasteiger charge is -2.21.